The molecule has 0 radical (unpaired) electrons. The van der Waals surface area contributed by atoms with Crippen LogP contribution in [0.2, 0.25) is 0 Å². The van der Waals surface area contributed by atoms with Gasteiger partial charge in [-0.2, -0.15) is 0 Å². The topological polar surface area (TPSA) is 84.1 Å². The molecule has 1 aliphatic heterocycles. The van der Waals surface area contributed by atoms with Crippen LogP contribution in [0.3, 0.4) is 0 Å². The summed E-state index contributed by atoms with van der Waals surface area (Å²) in [5.41, 5.74) is 5.42. The van der Waals surface area contributed by atoms with E-state index in [9.17, 15) is 4.79 Å². The first-order chi connectivity index (χ1) is 10.2. The number of likely N-dealkylation sites (tertiary alicyclic amines) is 1. The highest BCUT2D eigenvalue weighted by Crippen LogP contribution is 2.28. The van der Waals surface area contributed by atoms with Gasteiger partial charge in [-0.05, 0) is 31.7 Å². The second kappa shape index (κ2) is 6.39. The lowest BCUT2D eigenvalue weighted by molar-refractivity contribution is 0.0995. The molecule has 1 aromatic rings. The molecule has 1 amide bonds. The summed E-state index contributed by atoms with van der Waals surface area (Å²) in [6, 6.07) is 0.813. The van der Waals surface area contributed by atoms with Crippen molar-refractivity contribution in [2.45, 2.75) is 38.1 Å². The second-order valence-corrected chi connectivity index (χ2v) is 6.12. The molecular formula is C15H23N5O. The summed E-state index contributed by atoms with van der Waals surface area (Å²) in [4.78, 5) is 21.9. The Morgan fingerprint density at radius 2 is 2.14 bits per heavy atom. The van der Waals surface area contributed by atoms with E-state index in [2.05, 4.69) is 20.2 Å². The van der Waals surface area contributed by atoms with E-state index in [1.807, 2.05) is 0 Å². The van der Waals surface area contributed by atoms with E-state index < -0.39 is 5.91 Å². The molecule has 1 aromatic heterocycles. The fourth-order valence-electron chi connectivity index (χ4n) is 3.45. The molecule has 1 atom stereocenters. The van der Waals surface area contributed by atoms with Crippen molar-refractivity contribution >= 4 is 11.7 Å². The van der Waals surface area contributed by atoms with E-state index in [0.29, 0.717) is 11.7 Å². The highest BCUT2D eigenvalue weighted by Gasteiger charge is 2.29. The molecule has 6 heteroatoms. The van der Waals surface area contributed by atoms with E-state index in [0.717, 1.165) is 12.6 Å². The zero-order chi connectivity index (χ0) is 14.7. The highest BCUT2D eigenvalue weighted by molar-refractivity contribution is 5.90. The first-order valence-corrected chi connectivity index (χ1v) is 7.82. The Morgan fingerprint density at radius 3 is 2.90 bits per heavy atom. The summed E-state index contributed by atoms with van der Waals surface area (Å²) >= 11 is 0. The molecule has 1 saturated heterocycles. The van der Waals surface area contributed by atoms with Crippen molar-refractivity contribution in [1.82, 2.24) is 14.9 Å². The quantitative estimate of drug-likeness (QED) is 0.852. The van der Waals surface area contributed by atoms with Crippen LogP contribution in [-0.4, -0.2) is 46.5 Å². The fraction of sp³-hybridized carbons (Fsp3) is 0.667. The van der Waals surface area contributed by atoms with Crippen molar-refractivity contribution in [3.8, 4) is 0 Å². The van der Waals surface area contributed by atoms with Crippen molar-refractivity contribution in [2.75, 3.05) is 25.0 Å². The van der Waals surface area contributed by atoms with Gasteiger partial charge in [-0.25, -0.2) is 4.98 Å². The molecular weight excluding hydrogens is 266 g/mol. The third-order valence-corrected chi connectivity index (χ3v) is 4.62. The molecule has 1 aliphatic carbocycles. The number of rotatable bonds is 5. The van der Waals surface area contributed by atoms with Crippen molar-refractivity contribution in [2.24, 2.45) is 11.7 Å². The number of carbonyl (C=O) groups is 1. The number of hydrogen-bond acceptors (Lipinski definition) is 5. The zero-order valence-corrected chi connectivity index (χ0v) is 12.3. The number of nitrogens with zero attached hydrogens (tertiary/aromatic N) is 3. The molecule has 2 aliphatic rings. The molecule has 3 rings (SSSR count). The monoisotopic (exact) mass is 289 g/mol. The minimum atomic E-state index is -0.542. The number of hydrogen-bond donors (Lipinski definition) is 2. The fourth-order valence-corrected chi connectivity index (χ4v) is 3.45. The number of carbonyl (C=O) groups excluding carboxylic acids is 1. The largest absolute Gasteiger partial charge is 0.368 e. The molecule has 2 fully saturated rings. The van der Waals surface area contributed by atoms with Gasteiger partial charge in [0.05, 0.1) is 12.4 Å². The summed E-state index contributed by atoms with van der Waals surface area (Å²) in [5, 5.41) is 3.28. The van der Waals surface area contributed by atoms with Crippen LogP contribution in [0.4, 0.5) is 5.82 Å². The van der Waals surface area contributed by atoms with Crippen molar-refractivity contribution in [3.63, 3.8) is 0 Å². The lowest BCUT2D eigenvalue weighted by atomic mass is 10.1. The minimum Gasteiger partial charge on any atom is -0.368 e. The Morgan fingerprint density at radius 1 is 1.33 bits per heavy atom. The molecule has 114 valence electrons. The third-order valence-electron chi connectivity index (χ3n) is 4.62. The lowest BCUT2D eigenvalue weighted by Gasteiger charge is -2.23. The Balaban J connectivity index is 1.49. The molecule has 0 aromatic carbocycles. The summed E-state index contributed by atoms with van der Waals surface area (Å²) in [6.07, 6.45) is 9.77. The first kappa shape index (κ1) is 14.3. The van der Waals surface area contributed by atoms with Crippen LogP contribution < -0.4 is 11.1 Å². The van der Waals surface area contributed by atoms with Gasteiger partial charge in [0.1, 0.15) is 11.5 Å². The van der Waals surface area contributed by atoms with Crippen LogP contribution in [0.25, 0.3) is 0 Å². The summed E-state index contributed by atoms with van der Waals surface area (Å²) in [6.45, 7) is 3.25. The predicted octanol–water partition coefficient (Wildman–Crippen LogP) is 1.25. The summed E-state index contributed by atoms with van der Waals surface area (Å²) in [7, 11) is 0. The minimum absolute atomic E-state index is 0.207. The van der Waals surface area contributed by atoms with Crippen LogP contribution in [0, 0.1) is 5.92 Å². The van der Waals surface area contributed by atoms with E-state index in [-0.39, 0.29) is 5.69 Å². The maximum Gasteiger partial charge on any atom is 0.268 e. The second-order valence-electron chi connectivity index (χ2n) is 6.12. The molecule has 0 unspecified atom stereocenters. The van der Waals surface area contributed by atoms with Crippen molar-refractivity contribution in [3.05, 3.63) is 18.1 Å². The number of aromatic nitrogens is 2. The van der Waals surface area contributed by atoms with Gasteiger partial charge in [0.25, 0.3) is 5.91 Å². The van der Waals surface area contributed by atoms with E-state index >= 15 is 0 Å². The van der Waals surface area contributed by atoms with Gasteiger partial charge in [-0.3, -0.25) is 9.78 Å². The van der Waals surface area contributed by atoms with Gasteiger partial charge >= 0.3 is 0 Å². The third kappa shape index (κ3) is 3.50. The van der Waals surface area contributed by atoms with Crippen LogP contribution in [0.1, 0.15) is 42.6 Å². The van der Waals surface area contributed by atoms with Crippen LogP contribution in [0.15, 0.2) is 12.4 Å². The van der Waals surface area contributed by atoms with Gasteiger partial charge in [-0.1, -0.05) is 12.8 Å². The Hall–Kier alpha value is -1.69. The molecule has 1 saturated carbocycles. The zero-order valence-electron chi connectivity index (χ0n) is 12.3. The molecule has 3 N–H and O–H groups in total. The smallest absolute Gasteiger partial charge is 0.268 e. The normalized spacial score (nSPS) is 23.5. The Labute approximate surface area is 125 Å². The molecule has 0 bridgehead atoms. The summed E-state index contributed by atoms with van der Waals surface area (Å²) < 4.78 is 0. The number of amides is 1. The molecule has 6 nitrogen and oxygen atoms in total. The molecule has 21 heavy (non-hydrogen) atoms. The van der Waals surface area contributed by atoms with Gasteiger partial charge in [0.2, 0.25) is 0 Å². The molecule has 0 spiro atoms. The average molecular weight is 289 g/mol. The molecule has 2 heterocycles. The number of nitrogens with one attached hydrogen (secondary N) is 1. The predicted molar refractivity (Wildman–Crippen MR) is 81.0 cm³/mol. The van der Waals surface area contributed by atoms with Gasteiger partial charge in [-0.15, -0.1) is 0 Å². The van der Waals surface area contributed by atoms with E-state index in [4.69, 9.17) is 5.73 Å². The van der Waals surface area contributed by atoms with E-state index in [1.165, 1.54) is 51.4 Å². The number of primary amides is 1. The first-order valence-electron chi connectivity index (χ1n) is 7.82. The van der Waals surface area contributed by atoms with E-state index in [1.54, 1.807) is 6.20 Å². The Bertz CT molecular complexity index is 501. The van der Waals surface area contributed by atoms with Crippen molar-refractivity contribution in [1.29, 1.82) is 0 Å². The summed E-state index contributed by atoms with van der Waals surface area (Å²) in [5.74, 6) is 0.731. The highest BCUT2D eigenvalue weighted by atomic mass is 16.1. The van der Waals surface area contributed by atoms with Crippen LogP contribution in [0.5, 0.6) is 0 Å². The van der Waals surface area contributed by atoms with Crippen LogP contribution in [-0.2, 0) is 0 Å². The number of anilines is 1. The SMILES string of the molecule is NC(=O)c1cncc(NC[C@@H]2CCN(C3CCCC3)C2)n1. The maximum absolute atomic E-state index is 11.1. The van der Waals surface area contributed by atoms with Crippen LogP contribution >= 0.6 is 0 Å². The standard InChI is InChI=1S/C15H23N5O/c16-15(21)13-8-17-9-14(19-13)18-7-11-5-6-20(10-11)12-3-1-2-4-12/h8-9,11-12H,1-7,10H2,(H2,16,21)(H,18,19)/t11-/m0/s1. The van der Waals surface area contributed by atoms with Gasteiger partial charge in [0, 0.05) is 19.1 Å². The lowest BCUT2D eigenvalue weighted by Crippen LogP contribution is -2.31. The van der Waals surface area contributed by atoms with Gasteiger partial charge in [0.15, 0.2) is 0 Å². The Kier molecular flexibility index (Phi) is 4.34. The van der Waals surface area contributed by atoms with Gasteiger partial charge < -0.3 is 16.0 Å². The number of nitrogens with two attached hydrogens (primary N) is 1. The average Bonchev–Trinajstić information content (AvgIpc) is 3.16. The maximum atomic E-state index is 11.1. The van der Waals surface area contributed by atoms with Crippen molar-refractivity contribution < 1.29 is 4.79 Å².